The van der Waals surface area contributed by atoms with Crippen molar-refractivity contribution in [1.29, 1.82) is 0 Å². The molecule has 1 heterocycles. The van der Waals surface area contributed by atoms with Crippen LogP contribution < -0.4 is 10.5 Å². The van der Waals surface area contributed by atoms with Gasteiger partial charge in [0.25, 0.3) is 0 Å². The van der Waals surface area contributed by atoms with E-state index in [1.165, 1.54) is 12.1 Å². The molecule has 1 saturated heterocycles. The Hall–Kier alpha value is -1.78. The third kappa shape index (κ3) is 6.88. The van der Waals surface area contributed by atoms with E-state index in [0.29, 0.717) is 32.5 Å². The highest BCUT2D eigenvalue weighted by Gasteiger charge is 2.22. The smallest absolute Gasteiger partial charge is 0.238 e. The van der Waals surface area contributed by atoms with Crippen LogP contribution in [-0.2, 0) is 26.0 Å². The highest BCUT2D eigenvalue weighted by Crippen LogP contribution is 2.23. The molecule has 30 heavy (non-hydrogen) atoms. The van der Waals surface area contributed by atoms with Crippen LogP contribution in [0.1, 0.15) is 23.7 Å². The van der Waals surface area contributed by atoms with Crippen LogP contribution >= 0.6 is 15.9 Å². The summed E-state index contributed by atoms with van der Waals surface area (Å²) in [4.78, 5) is 14.5. The number of nitrogens with one attached hydrogen (secondary N) is 1. The van der Waals surface area contributed by atoms with Crippen LogP contribution in [0.5, 0.6) is 0 Å². The Labute approximate surface area is 185 Å². The Bertz CT molecular complexity index is 949. The topological polar surface area (TPSA) is 102 Å². The number of carbonyl (C=O) groups is 1. The molecule has 0 bridgehead atoms. The first-order valence-corrected chi connectivity index (χ1v) is 12.1. The molecule has 0 radical (unpaired) electrons. The summed E-state index contributed by atoms with van der Waals surface area (Å²) in [6, 6.07) is 14.5. The molecule has 1 amide bonds. The van der Waals surface area contributed by atoms with Gasteiger partial charge in [0.05, 0.1) is 17.6 Å². The Morgan fingerprint density at radius 2 is 1.87 bits per heavy atom. The molecule has 1 aliphatic heterocycles. The molecule has 3 N–H and O–H groups in total. The van der Waals surface area contributed by atoms with E-state index in [9.17, 15) is 13.2 Å². The highest BCUT2D eigenvalue weighted by atomic mass is 79.9. The number of rotatable bonds is 8. The zero-order valence-electron chi connectivity index (χ0n) is 16.6. The van der Waals surface area contributed by atoms with Gasteiger partial charge in [-0.2, -0.15) is 0 Å². The van der Waals surface area contributed by atoms with Crippen molar-refractivity contribution in [2.24, 2.45) is 5.14 Å². The first kappa shape index (κ1) is 22.9. The van der Waals surface area contributed by atoms with E-state index >= 15 is 0 Å². The maximum atomic E-state index is 12.2. The number of hydrogen-bond donors (Lipinski definition) is 2. The molecular formula is C21H26BrN3O4S. The van der Waals surface area contributed by atoms with Crippen molar-refractivity contribution in [3.05, 3.63) is 64.1 Å². The van der Waals surface area contributed by atoms with Gasteiger partial charge in [-0.1, -0.05) is 40.2 Å². The summed E-state index contributed by atoms with van der Waals surface area (Å²) >= 11 is 3.44. The number of ether oxygens (including phenoxy) is 1. The lowest BCUT2D eigenvalue weighted by Gasteiger charge is -2.33. The standard InChI is InChI=1S/C21H26BrN3O4S/c22-18-5-3-17(4-6-18)20-15-25(13-14-29-20)12-10-21(26)24-11-9-16-1-7-19(8-2-16)30(23,27)28/h1-8,20H,9-15H2,(H,24,26)(H2,23,27,28). The van der Waals surface area contributed by atoms with E-state index in [2.05, 4.69) is 38.3 Å². The molecule has 9 heteroatoms. The quantitative estimate of drug-likeness (QED) is 0.584. The van der Waals surface area contributed by atoms with Crippen LogP contribution in [0.25, 0.3) is 0 Å². The Kier molecular flexibility index (Phi) is 8.01. The summed E-state index contributed by atoms with van der Waals surface area (Å²) in [6.45, 7) is 3.42. The zero-order valence-corrected chi connectivity index (χ0v) is 19.0. The molecule has 0 aromatic heterocycles. The fourth-order valence-corrected chi connectivity index (χ4v) is 4.10. The monoisotopic (exact) mass is 495 g/mol. The molecule has 1 atom stereocenters. The predicted molar refractivity (Wildman–Crippen MR) is 118 cm³/mol. The summed E-state index contributed by atoms with van der Waals surface area (Å²) in [5.41, 5.74) is 2.08. The van der Waals surface area contributed by atoms with Gasteiger partial charge >= 0.3 is 0 Å². The Balaban J connectivity index is 1.38. The van der Waals surface area contributed by atoms with Crippen molar-refractivity contribution in [2.45, 2.75) is 23.8 Å². The molecule has 2 aromatic rings. The van der Waals surface area contributed by atoms with Crippen LogP contribution in [-0.4, -0.2) is 52.0 Å². The normalized spacial score (nSPS) is 17.6. The average molecular weight is 496 g/mol. The largest absolute Gasteiger partial charge is 0.371 e. The summed E-state index contributed by atoms with van der Waals surface area (Å²) < 4.78 is 29.5. The Morgan fingerprint density at radius 3 is 2.53 bits per heavy atom. The second-order valence-corrected chi connectivity index (χ2v) is 9.73. The van der Waals surface area contributed by atoms with Gasteiger partial charge in [0, 0.05) is 37.1 Å². The fraction of sp³-hybridized carbons (Fsp3) is 0.381. The highest BCUT2D eigenvalue weighted by molar-refractivity contribution is 9.10. The minimum absolute atomic E-state index is 0.00263. The second kappa shape index (κ2) is 10.5. The van der Waals surface area contributed by atoms with Crippen LogP contribution in [0.2, 0.25) is 0 Å². The molecule has 0 aliphatic carbocycles. The molecule has 1 fully saturated rings. The van der Waals surface area contributed by atoms with Gasteiger partial charge in [0.1, 0.15) is 0 Å². The number of nitrogens with zero attached hydrogens (tertiary/aromatic N) is 1. The summed E-state index contributed by atoms with van der Waals surface area (Å²) in [5, 5.41) is 8.01. The number of sulfonamides is 1. The fourth-order valence-electron chi connectivity index (χ4n) is 3.32. The molecule has 1 aliphatic rings. The van der Waals surface area contributed by atoms with Crippen molar-refractivity contribution >= 4 is 31.9 Å². The maximum absolute atomic E-state index is 12.2. The lowest BCUT2D eigenvalue weighted by molar-refractivity contribution is -0.121. The maximum Gasteiger partial charge on any atom is 0.238 e. The van der Waals surface area contributed by atoms with E-state index in [0.717, 1.165) is 28.7 Å². The minimum atomic E-state index is -3.68. The summed E-state index contributed by atoms with van der Waals surface area (Å²) in [5.74, 6) is 0.00263. The lowest BCUT2D eigenvalue weighted by Crippen LogP contribution is -2.40. The van der Waals surface area contributed by atoms with E-state index in [-0.39, 0.29) is 16.9 Å². The number of benzene rings is 2. The molecule has 0 saturated carbocycles. The van der Waals surface area contributed by atoms with Gasteiger partial charge < -0.3 is 10.1 Å². The van der Waals surface area contributed by atoms with E-state index in [4.69, 9.17) is 9.88 Å². The van der Waals surface area contributed by atoms with Gasteiger partial charge in [-0.15, -0.1) is 0 Å². The molecule has 1 unspecified atom stereocenters. The third-order valence-electron chi connectivity index (χ3n) is 5.04. The van der Waals surface area contributed by atoms with Crippen molar-refractivity contribution in [2.75, 3.05) is 32.8 Å². The molecule has 2 aromatic carbocycles. The van der Waals surface area contributed by atoms with Crippen molar-refractivity contribution < 1.29 is 17.9 Å². The van der Waals surface area contributed by atoms with Crippen LogP contribution in [0.3, 0.4) is 0 Å². The summed E-state index contributed by atoms with van der Waals surface area (Å²) in [6.07, 6.45) is 1.08. The predicted octanol–water partition coefficient (Wildman–Crippen LogP) is 2.22. The van der Waals surface area contributed by atoms with Crippen LogP contribution in [0, 0.1) is 0 Å². The number of hydrogen-bond acceptors (Lipinski definition) is 5. The number of halogens is 1. The Morgan fingerprint density at radius 1 is 1.17 bits per heavy atom. The van der Waals surface area contributed by atoms with E-state index in [1.54, 1.807) is 12.1 Å². The average Bonchev–Trinajstić information content (AvgIpc) is 2.73. The van der Waals surface area contributed by atoms with Gasteiger partial charge in [-0.05, 0) is 41.8 Å². The molecule has 7 nitrogen and oxygen atoms in total. The van der Waals surface area contributed by atoms with E-state index in [1.807, 2.05) is 12.1 Å². The van der Waals surface area contributed by atoms with Crippen molar-refractivity contribution in [1.82, 2.24) is 10.2 Å². The molecule has 162 valence electrons. The number of primary sulfonamides is 1. The van der Waals surface area contributed by atoms with Crippen LogP contribution in [0.15, 0.2) is 57.9 Å². The molecule has 3 rings (SSSR count). The molecule has 0 spiro atoms. The van der Waals surface area contributed by atoms with Gasteiger partial charge in [-0.3, -0.25) is 9.69 Å². The number of amides is 1. The van der Waals surface area contributed by atoms with Crippen molar-refractivity contribution in [3.8, 4) is 0 Å². The first-order valence-electron chi connectivity index (χ1n) is 9.79. The first-order chi connectivity index (χ1) is 14.3. The van der Waals surface area contributed by atoms with Crippen LogP contribution in [0.4, 0.5) is 0 Å². The van der Waals surface area contributed by atoms with Gasteiger partial charge in [0.15, 0.2) is 0 Å². The second-order valence-electron chi connectivity index (χ2n) is 7.25. The third-order valence-corrected chi connectivity index (χ3v) is 6.49. The lowest BCUT2D eigenvalue weighted by atomic mass is 10.1. The number of nitrogens with two attached hydrogens (primary N) is 1. The van der Waals surface area contributed by atoms with Crippen molar-refractivity contribution in [3.63, 3.8) is 0 Å². The van der Waals surface area contributed by atoms with Gasteiger partial charge in [0.2, 0.25) is 15.9 Å². The molecular weight excluding hydrogens is 470 g/mol. The number of carbonyl (C=O) groups excluding carboxylic acids is 1. The SMILES string of the molecule is NS(=O)(=O)c1ccc(CCNC(=O)CCN2CCOC(c3ccc(Br)cc3)C2)cc1. The number of morpholine rings is 1. The van der Waals surface area contributed by atoms with E-state index < -0.39 is 10.0 Å². The zero-order chi connectivity index (χ0) is 21.6. The minimum Gasteiger partial charge on any atom is -0.371 e. The summed E-state index contributed by atoms with van der Waals surface area (Å²) in [7, 11) is -3.68. The van der Waals surface area contributed by atoms with Gasteiger partial charge in [-0.25, -0.2) is 13.6 Å².